The summed E-state index contributed by atoms with van der Waals surface area (Å²) in [4.78, 5) is 43.5. The number of rotatable bonds is 8. The third kappa shape index (κ3) is 5.63. The molecule has 42 heavy (non-hydrogen) atoms. The molecule has 1 fully saturated rings. The number of benzene rings is 3. The van der Waals surface area contributed by atoms with Crippen molar-refractivity contribution in [1.29, 1.82) is 0 Å². The number of nitrogens with zero attached hydrogens (tertiary/aromatic N) is 1. The molecule has 3 amide bonds. The van der Waals surface area contributed by atoms with E-state index in [1.165, 1.54) is 0 Å². The summed E-state index contributed by atoms with van der Waals surface area (Å²) < 4.78 is 5.55. The number of amides is 3. The molecule has 1 saturated heterocycles. The quantitative estimate of drug-likeness (QED) is 0.383. The maximum absolute atomic E-state index is 14.4. The number of likely N-dealkylation sites (N-methyl/N-ethyl adjacent to an activating group) is 1. The number of methoxy groups -OCH3 is 1. The van der Waals surface area contributed by atoms with Crippen molar-refractivity contribution in [3.63, 3.8) is 0 Å². The molecule has 3 N–H and O–H groups in total. The van der Waals surface area contributed by atoms with Gasteiger partial charge < -0.3 is 25.6 Å². The van der Waals surface area contributed by atoms with Gasteiger partial charge >= 0.3 is 0 Å². The van der Waals surface area contributed by atoms with E-state index in [-0.39, 0.29) is 23.8 Å². The molecule has 3 aromatic carbocycles. The van der Waals surface area contributed by atoms with E-state index in [1.54, 1.807) is 26.0 Å². The van der Waals surface area contributed by atoms with Crippen LogP contribution in [0.4, 0.5) is 0 Å². The van der Waals surface area contributed by atoms with E-state index in [2.05, 4.69) is 16.0 Å². The number of fused-ring (bicyclic) bond motifs is 3. The number of nitrogens with one attached hydrogen (secondary N) is 3. The molecule has 220 valence electrons. The van der Waals surface area contributed by atoms with Gasteiger partial charge in [-0.15, -0.1) is 0 Å². The monoisotopic (exact) mass is 568 g/mol. The Morgan fingerprint density at radius 3 is 2.17 bits per heavy atom. The second kappa shape index (κ2) is 12.0. The average Bonchev–Trinajstić information content (AvgIpc) is 3.24. The van der Waals surface area contributed by atoms with Crippen molar-refractivity contribution in [3.05, 3.63) is 101 Å². The van der Waals surface area contributed by atoms with Crippen molar-refractivity contribution in [2.75, 3.05) is 14.2 Å². The van der Waals surface area contributed by atoms with Gasteiger partial charge in [0, 0.05) is 6.42 Å². The smallest absolute Gasteiger partial charge is 0.246 e. The van der Waals surface area contributed by atoms with Crippen molar-refractivity contribution in [2.45, 2.75) is 63.8 Å². The zero-order valence-electron chi connectivity index (χ0n) is 24.9. The maximum Gasteiger partial charge on any atom is 0.246 e. The van der Waals surface area contributed by atoms with Crippen LogP contribution in [-0.4, -0.2) is 54.9 Å². The minimum atomic E-state index is -0.811. The number of hydrogen-bond acceptors (Lipinski definition) is 5. The first-order chi connectivity index (χ1) is 20.1. The maximum atomic E-state index is 14.4. The Bertz CT molecular complexity index is 1400. The highest BCUT2D eigenvalue weighted by Gasteiger charge is 2.55. The lowest BCUT2D eigenvalue weighted by Gasteiger charge is -2.35. The molecule has 0 aromatic heterocycles. The molecular formula is C34H40N4O4. The van der Waals surface area contributed by atoms with Crippen LogP contribution in [0.1, 0.15) is 61.5 Å². The summed E-state index contributed by atoms with van der Waals surface area (Å²) in [5, 5.41) is 9.20. The van der Waals surface area contributed by atoms with Crippen LogP contribution in [0.2, 0.25) is 0 Å². The van der Waals surface area contributed by atoms with E-state index >= 15 is 0 Å². The molecule has 3 aromatic rings. The molecule has 2 aliphatic heterocycles. The lowest BCUT2D eigenvalue weighted by atomic mass is 9.81. The summed E-state index contributed by atoms with van der Waals surface area (Å²) in [6.45, 7) is 5.83. The van der Waals surface area contributed by atoms with E-state index in [0.29, 0.717) is 18.6 Å². The molecule has 5 rings (SSSR count). The summed E-state index contributed by atoms with van der Waals surface area (Å²) in [5.41, 5.74) is 3.27. The first-order valence-electron chi connectivity index (χ1n) is 14.5. The minimum Gasteiger partial charge on any atom is -0.497 e. The van der Waals surface area contributed by atoms with Crippen LogP contribution in [-0.2, 0) is 20.8 Å². The van der Waals surface area contributed by atoms with Gasteiger partial charge in [-0.2, -0.15) is 0 Å². The fourth-order valence-corrected chi connectivity index (χ4v) is 6.38. The molecule has 4 atom stereocenters. The Kier molecular flexibility index (Phi) is 8.36. The standard InChI is InChI=1S/C34H40N4O4/c1-21(35-4)31(39)36-27-18-24-16-17-25(42-5)19-26(24)28-20-34(2,3)30(38(28)33(27)41)32(40)37-29(22-12-8-6-9-13-22)23-14-10-7-11-15-23/h6-17,19,21,27-30,35H,18,20H2,1-5H3,(H,36,39)(H,37,40)/t21-,27-,28+,30?/m0/s1. The molecule has 8 nitrogen and oxygen atoms in total. The van der Waals surface area contributed by atoms with Crippen LogP contribution in [0.3, 0.4) is 0 Å². The summed E-state index contributed by atoms with van der Waals surface area (Å²) in [5.74, 6) is -0.0644. The van der Waals surface area contributed by atoms with E-state index in [9.17, 15) is 14.4 Å². The van der Waals surface area contributed by atoms with Gasteiger partial charge in [0.15, 0.2) is 0 Å². The predicted octanol–water partition coefficient (Wildman–Crippen LogP) is 3.92. The van der Waals surface area contributed by atoms with E-state index in [0.717, 1.165) is 22.3 Å². The zero-order chi connectivity index (χ0) is 30.0. The summed E-state index contributed by atoms with van der Waals surface area (Å²) in [7, 11) is 3.32. The number of ether oxygens (including phenoxy) is 1. The van der Waals surface area contributed by atoms with Gasteiger partial charge in [0.2, 0.25) is 17.7 Å². The van der Waals surface area contributed by atoms with Crippen molar-refractivity contribution < 1.29 is 19.1 Å². The molecule has 1 unspecified atom stereocenters. The Labute approximate surface area is 247 Å². The van der Waals surface area contributed by atoms with Gasteiger partial charge in [0.05, 0.1) is 25.2 Å². The molecule has 0 aliphatic carbocycles. The fraction of sp³-hybridized carbons (Fsp3) is 0.382. The normalized spacial score (nSPS) is 21.6. The van der Waals surface area contributed by atoms with Gasteiger partial charge in [-0.25, -0.2) is 0 Å². The molecule has 0 saturated carbocycles. The van der Waals surface area contributed by atoms with E-state index < -0.39 is 29.6 Å². The molecule has 0 bridgehead atoms. The molecule has 2 aliphatic rings. The van der Waals surface area contributed by atoms with Crippen molar-refractivity contribution in [2.24, 2.45) is 5.41 Å². The van der Waals surface area contributed by atoms with Crippen LogP contribution in [0.5, 0.6) is 5.75 Å². The predicted molar refractivity (Wildman–Crippen MR) is 162 cm³/mol. The highest BCUT2D eigenvalue weighted by molar-refractivity contribution is 5.95. The summed E-state index contributed by atoms with van der Waals surface area (Å²) in [6.07, 6.45) is 0.921. The molecule has 8 heteroatoms. The Morgan fingerprint density at radius 2 is 1.60 bits per heavy atom. The zero-order valence-corrected chi connectivity index (χ0v) is 24.9. The largest absolute Gasteiger partial charge is 0.497 e. The van der Waals surface area contributed by atoms with Crippen LogP contribution in [0, 0.1) is 5.41 Å². The van der Waals surface area contributed by atoms with Gasteiger partial charge in [0.1, 0.15) is 17.8 Å². The van der Waals surface area contributed by atoms with Crippen LogP contribution >= 0.6 is 0 Å². The van der Waals surface area contributed by atoms with Crippen molar-refractivity contribution in [1.82, 2.24) is 20.9 Å². The summed E-state index contributed by atoms with van der Waals surface area (Å²) in [6, 6.07) is 22.7. The lowest BCUT2D eigenvalue weighted by Crippen LogP contribution is -2.57. The Hall–Kier alpha value is -4.17. The molecule has 2 heterocycles. The van der Waals surface area contributed by atoms with Gasteiger partial charge in [0.25, 0.3) is 0 Å². The van der Waals surface area contributed by atoms with E-state index in [1.807, 2.05) is 92.7 Å². The first-order valence-corrected chi connectivity index (χ1v) is 14.5. The van der Waals surface area contributed by atoms with E-state index in [4.69, 9.17) is 4.74 Å². The third-order valence-electron chi connectivity index (χ3n) is 8.71. The second-order valence-electron chi connectivity index (χ2n) is 12.0. The Balaban J connectivity index is 1.56. The second-order valence-corrected chi connectivity index (χ2v) is 12.0. The molecule has 0 spiro atoms. The Morgan fingerprint density at radius 1 is 0.976 bits per heavy atom. The van der Waals surface area contributed by atoms with Gasteiger partial charge in [-0.1, -0.05) is 80.6 Å². The first kappa shape index (κ1) is 29.3. The fourth-order valence-electron chi connectivity index (χ4n) is 6.38. The molecule has 0 radical (unpaired) electrons. The van der Waals surface area contributed by atoms with Crippen LogP contribution < -0.4 is 20.7 Å². The SMILES string of the molecule is CN[C@@H](C)C(=O)N[C@H]1Cc2ccc(OC)cc2[C@H]2CC(C)(C)C(C(=O)NC(c3ccccc3)c3ccccc3)N2C1=O. The summed E-state index contributed by atoms with van der Waals surface area (Å²) >= 11 is 0. The van der Waals surface area contributed by atoms with Gasteiger partial charge in [-0.05, 0) is 60.2 Å². The molecular weight excluding hydrogens is 528 g/mol. The highest BCUT2D eigenvalue weighted by Crippen LogP contribution is 2.50. The van der Waals surface area contributed by atoms with Crippen molar-refractivity contribution >= 4 is 17.7 Å². The van der Waals surface area contributed by atoms with Crippen LogP contribution in [0.25, 0.3) is 0 Å². The van der Waals surface area contributed by atoms with Crippen LogP contribution in [0.15, 0.2) is 78.9 Å². The van der Waals surface area contributed by atoms with Gasteiger partial charge in [-0.3, -0.25) is 14.4 Å². The minimum absolute atomic E-state index is 0.228. The number of carbonyl (C=O) groups is 3. The lowest BCUT2D eigenvalue weighted by molar-refractivity contribution is -0.145. The third-order valence-corrected chi connectivity index (χ3v) is 8.71. The average molecular weight is 569 g/mol. The topological polar surface area (TPSA) is 99.8 Å². The van der Waals surface area contributed by atoms with Crippen molar-refractivity contribution in [3.8, 4) is 5.75 Å². The highest BCUT2D eigenvalue weighted by atomic mass is 16.5. The number of carbonyl (C=O) groups excluding carboxylic acids is 3. The number of hydrogen-bond donors (Lipinski definition) is 3.